The minimum atomic E-state index is -0.643. The summed E-state index contributed by atoms with van der Waals surface area (Å²) in [5, 5.41) is 10.7. The van der Waals surface area contributed by atoms with E-state index in [2.05, 4.69) is 10.1 Å². The molecule has 22 heavy (non-hydrogen) atoms. The van der Waals surface area contributed by atoms with E-state index in [-0.39, 0.29) is 19.1 Å². The topological polar surface area (TPSA) is 79.2 Å². The summed E-state index contributed by atoms with van der Waals surface area (Å²) >= 11 is 0. The van der Waals surface area contributed by atoms with E-state index in [1.807, 2.05) is 42.5 Å². The molecule has 0 aromatic heterocycles. The van der Waals surface area contributed by atoms with Gasteiger partial charge in [-0.25, -0.2) is 0 Å². The molecular weight excluding hydrogens is 280 g/mol. The van der Waals surface area contributed by atoms with Gasteiger partial charge >= 0.3 is 5.97 Å². The van der Waals surface area contributed by atoms with Crippen LogP contribution < -0.4 is 5.32 Å². The molecule has 0 heterocycles. The normalized spacial score (nSPS) is 9.59. The van der Waals surface area contributed by atoms with E-state index in [0.717, 1.165) is 11.1 Å². The lowest BCUT2D eigenvalue weighted by molar-refractivity contribution is -0.140. The largest absolute Gasteiger partial charge is 0.449 e. The monoisotopic (exact) mass is 294 g/mol. The highest BCUT2D eigenvalue weighted by molar-refractivity contribution is 5.96. The fourth-order valence-electron chi connectivity index (χ4n) is 1.86. The molecule has 0 radical (unpaired) electrons. The first kappa shape index (κ1) is 15.3. The molecule has 2 rings (SSSR count). The molecule has 0 aliphatic heterocycles. The number of hydrogen-bond donors (Lipinski definition) is 1. The van der Waals surface area contributed by atoms with Gasteiger partial charge in [0, 0.05) is 5.56 Å². The Bertz CT molecular complexity index is 688. The Labute approximate surface area is 128 Å². The average Bonchev–Trinajstić information content (AvgIpc) is 2.58. The van der Waals surface area contributed by atoms with Crippen molar-refractivity contribution < 1.29 is 14.3 Å². The van der Waals surface area contributed by atoms with Gasteiger partial charge in [0.25, 0.3) is 5.91 Å². The lowest BCUT2D eigenvalue weighted by Crippen LogP contribution is -2.30. The van der Waals surface area contributed by atoms with Gasteiger partial charge in [0.2, 0.25) is 0 Å². The lowest BCUT2D eigenvalue weighted by Gasteiger charge is -2.06. The number of nitriles is 1. The van der Waals surface area contributed by atoms with Gasteiger partial charge in [-0.1, -0.05) is 42.5 Å². The van der Waals surface area contributed by atoms with Crippen LogP contribution >= 0.6 is 0 Å². The summed E-state index contributed by atoms with van der Waals surface area (Å²) in [5.41, 5.74) is 2.52. The first-order valence-electron chi connectivity index (χ1n) is 6.67. The number of amides is 1. The van der Waals surface area contributed by atoms with Crippen LogP contribution in [0.5, 0.6) is 0 Å². The van der Waals surface area contributed by atoms with Crippen LogP contribution in [0, 0.1) is 11.3 Å². The Morgan fingerprint density at radius 2 is 1.64 bits per heavy atom. The number of nitrogens with zero attached hydrogens (tertiary/aromatic N) is 1. The van der Waals surface area contributed by atoms with Gasteiger partial charge < -0.3 is 10.1 Å². The first-order chi connectivity index (χ1) is 10.7. The molecular formula is C17H14N2O3. The zero-order valence-corrected chi connectivity index (χ0v) is 11.8. The smallest absolute Gasteiger partial charge is 0.326 e. The van der Waals surface area contributed by atoms with E-state index >= 15 is 0 Å². The van der Waals surface area contributed by atoms with Crippen molar-refractivity contribution in [2.24, 2.45) is 0 Å². The highest BCUT2D eigenvalue weighted by atomic mass is 16.5. The number of hydrogen-bond acceptors (Lipinski definition) is 4. The molecule has 0 aliphatic carbocycles. The maximum atomic E-state index is 11.9. The fourth-order valence-corrected chi connectivity index (χ4v) is 1.86. The number of carbonyl (C=O) groups is 2. The second-order valence-corrected chi connectivity index (χ2v) is 4.44. The molecule has 110 valence electrons. The van der Waals surface area contributed by atoms with Crippen molar-refractivity contribution in [2.45, 2.75) is 0 Å². The summed E-state index contributed by atoms with van der Waals surface area (Å²) < 4.78 is 4.54. The van der Waals surface area contributed by atoms with E-state index in [1.165, 1.54) is 0 Å². The number of esters is 1. The van der Waals surface area contributed by atoms with Gasteiger partial charge in [0.15, 0.2) is 6.61 Å². The molecule has 2 aromatic rings. The van der Waals surface area contributed by atoms with Crippen LogP contribution in [-0.4, -0.2) is 25.0 Å². The summed E-state index contributed by atoms with van der Waals surface area (Å²) in [5.74, 6) is -1.01. The van der Waals surface area contributed by atoms with Crippen molar-refractivity contribution in [1.82, 2.24) is 5.32 Å². The minimum absolute atomic E-state index is 0.263. The van der Waals surface area contributed by atoms with E-state index in [4.69, 9.17) is 5.26 Å². The van der Waals surface area contributed by atoms with Crippen molar-refractivity contribution in [3.8, 4) is 17.2 Å². The summed E-state index contributed by atoms with van der Waals surface area (Å²) in [7, 11) is 0. The van der Waals surface area contributed by atoms with Crippen molar-refractivity contribution in [1.29, 1.82) is 5.26 Å². The van der Waals surface area contributed by atoms with Crippen LogP contribution in [0.2, 0.25) is 0 Å². The Kier molecular flexibility index (Phi) is 5.27. The maximum absolute atomic E-state index is 11.9. The van der Waals surface area contributed by atoms with Crippen molar-refractivity contribution in [2.75, 3.05) is 13.2 Å². The second kappa shape index (κ2) is 7.60. The van der Waals surface area contributed by atoms with E-state index in [0.29, 0.717) is 5.56 Å². The molecule has 0 saturated heterocycles. The Morgan fingerprint density at radius 3 is 2.27 bits per heavy atom. The number of benzene rings is 2. The van der Waals surface area contributed by atoms with E-state index < -0.39 is 5.97 Å². The van der Waals surface area contributed by atoms with Gasteiger partial charge in [0.05, 0.1) is 0 Å². The number of carbonyl (C=O) groups excluding carboxylic acids is 2. The van der Waals surface area contributed by atoms with Crippen LogP contribution in [0.4, 0.5) is 0 Å². The molecule has 1 N–H and O–H groups in total. The highest BCUT2D eigenvalue weighted by Gasteiger charge is 2.09. The third-order valence-corrected chi connectivity index (χ3v) is 2.95. The predicted molar refractivity (Wildman–Crippen MR) is 80.8 cm³/mol. The van der Waals surface area contributed by atoms with Crippen LogP contribution in [0.15, 0.2) is 54.6 Å². The maximum Gasteiger partial charge on any atom is 0.326 e. The van der Waals surface area contributed by atoms with Gasteiger partial charge in [-0.3, -0.25) is 9.59 Å². The van der Waals surface area contributed by atoms with Crippen LogP contribution in [0.25, 0.3) is 11.1 Å². The molecule has 0 fully saturated rings. The predicted octanol–water partition coefficient (Wildman–Crippen LogP) is 2.15. The van der Waals surface area contributed by atoms with Crippen LogP contribution in [-0.2, 0) is 9.53 Å². The Morgan fingerprint density at radius 1 is 1.00 bits per heavy atom. The van der Waals surface area contributed by atoms with E-state index in [1.54, 1.807) is 18.2 Å². The van der Waals surface area contributed by atoms with E-state index in [9.17, 15) is 9.59 Å². The molecule has 0 unspecified atom stereocenters. The number of rotatable bonds is 5. The van der Waals surface area contributed by atoms with Crippen LogP contribution in [0.3, 0.4) is 0 Å². The van der Waals surface area contributed by atoms with Crippen molar-refractivity contribution >= 4 is 11.9 Å². The van der Waals surface area contributed by atoms with Gasteiger partial charge in [-0.2, -0.15) is 5.26 Å². The lowest BCUT2D eigenvalue weighted by atomic mass is 10.0. The zero-order valence-electron chi connectivity index (χ0n) is 11.8. The van der Waals surface area contributed by atoms with Crippen molar-refractivity contribution in [3.05, 3.63) is 60.2 Å². The second-order valence-electron chi connectivity index (χ2n) is 4.44. The molecule has 5 heteroatoms. The molecule has 0 atom stereocenters. The molecule has 0 saturated carbocycles. The summed E-state index contributed by atoms with van der Waals surface area (Å²) in [6.07, 6.45) is 0. The fraction of sp³-hybridized carbons (Fsp3) is 0.118. The third-order valence-electron chi connectivity index (χ3n) is 2.95. The zero-order chi connectivity index (χ0) is 15.8. The summed E-state index contributed by atoms with van der Waals surface area (Å²) in [4.78, 5) is 23.1. The molecule has 5 nitrogen and oxygen atoms in total. The Hall–Kier alpha value is -3.13. The molecule has 2 aromatic carbocycles. The standard InChI is InChI=1S/C17H14N2O3/c18-10-11-22-16(20)12-19-17(21)15-8-6-14(7-9-15)13-4-2-1-3-5-13/h1-9H,11-12H2,(H,19,21). The number of nitrogens with one attached hydrogen (secondary N) is 1. The summed E-state index contributed by atoms with van der Waals surface area (Å²) in [6, 6.07) is 18.6. The molecule has 0 spiro atoms. The SMILES string of the molecule is N#CCOC(=O)CNC(=O)c1ccc(-c2ccccc2)cc1. The average molecular weight is 294 g/mol. The molecule has 0 aliphatic rings. The van der Waals surface area contributed by atoms with Crippen LogP contribution in [0.1, 0.15) is 10.4 Å². The highest BCUT2D eigenvalue weighted by Crippen LogP contribution is 2.19. The Balaban J connectivity index is 1.94. The minimum Gasteiger partial charge on any atom is -0.449 e. The van der Waals surface area contributed by atoms with Gasteiger partial charge in [0.1, 0.15) is 12.6 Å². The van der Waals surface area contributed by atoms with Gasteiger partial charge in [-0.15, -0.1) is 0 Å². The third kappa shape index (κ3) is 4.18. The number of ether oxygens (including phenoxy) is 1. The quantitative estimate of drug-likeness (QED) is 0.857. The molecule has 0 bridgehead atoms. The summed E-state index contributed by atoms with van der Waals surface area (Å²) in [6.45, 7) is -0.582. The molecule has 1 amide bonds. The van der Waals surface area contributed by atoms with Crippen molar-refractivity contribution in [3.63, 3.8) is 0 Å². The first-order valence-corrected chi connectivity index (χ1v) is 6.67. The van der Waals surface area contributed by atoms with Gasteiger partial charge in [-0.05, 0) is 23.3 Å².